The van der Waals surface area contributed by atoms with Crippen LogP contribution in [0, 0.1) is 4.64 Å². The van der Waals surface area contributed by atoms with Gasteiger partial charge in [0.15, 0.2) is 0 Å². The topological polar surface area (TPSA) is 59.9 Å². The zero-order valence-corrected chi connectivity index (χ0v) is 13.9. The van der Waals surface area contributed by atoms with E-state index in [1.807, 2.05) is 19.9 Å². The van der Waals surface area contributed by atoms with E-state index in [1.165, 1.54) is 0 Å². The highest BCUT2D eigenvalue weighted by Crippen LogP contribution is 2.18. The summed E-state index contributed by atoms with van der Waals surface area (Å²) in [6.45, 7) is 6.09. The van der Waals surface area contributed by atoms with Crippen molar-refractivity contribution in [3.8, 4) is 5.69 Å². The van der Waals surface area contributed by atoms with Crippen molar-refractivity contribution in [2.45, 2.75) is 20.8 Å². The maximum atomic E-state index is 11.6. The summed E-state index contributed by atoms with van der Waals surface area (Å²) in [5, 5.41) is 4.19. The molecule has 0 bridgehead atoms. The molecular formula is C13H16BrN3O2S. The van der Waals surface area contributed by atoms with Crippen molar-refractivity contribution in [3.05, 3.63) is 39.3 Å². The van der Waals surface area contributed by atoms with E-state index >= 15 is 0 Å². The van der Waals surface area contributed by atoms with Crippen LogP contribution in [-0.2, 0) is 4.74 Å². The number of esters is 1. The van der Waals surface area contributed by atoms with Crippen LogP contribution in [0.4, 0.5) is 0 Å². The van der Waals surface area contributed by atoms with E-state index in [9.17, 15) is 4.79 Å². The smallest absolute Gasteiger partial charge is 0.342 e. The number of pyridine rings is 1. The lowest BCUT2D eigenvalue weighted by Crippen LogP contribution is -2.04. The minimum atomic E-state index is -0.403. The van der Waals surface area contributed by atoms with E-state index in [0.717, 1.165) is 5.69 Å². The van der Waals surface area contributed by atoms with Gasteiger partial charge in [0.2, 0.25) is 0 Å². The average molecular weight is 358 g/mol. The number of nitrogens with zero attached hydrogens (tertiary/aromatic N) is 2. The first-order valence-electron chi connectivity index (χ1n) is 6.23. The SMILES string of the molecule is CC.CCOC(=O)c1cn(-c2ccc(=S)[nH]c2)nc1Br. The first-order valence-corrected chi connectivity index (χ1v) is 7.43. The number of hydrogen-bond donors (Lipinski definition) is 1. The van der Waals surface area contributed by atoms with E-state index in [0.29, 0.717) is 21.4 Å². The minimum Gasteiger partial charge on any atom is -0.462 e. The molecule has 0 radical (unpaired) electrons. The van der Waals surface area contributed by atoms with Crippen LogP contribution in [0.15, 0.2) is 29.1 Å². The van der Waals surface area contributed by atoms with Gasteiger partial charge < -0.3 is 9.72 Å². The highest BCUT2D eigenvalue weighted by Gasteiger charge is 2.16. The van der Waals surface area contributed by atoms with E-state index in [4.69, 9.17) is 17.0 Å². The second-order valence-electron chi connectivity index (χ2n) is 3.41. The van der Waals surface area contributed by atoms with Crippen LogP contribution in [0.25, 0.3) is 5.69 Å². The molecule has 2 heterocycles. The molecule has 108 valence electrons. The lowest BCUT2D eigenvalue weighted by molar-refractivity contribution is 0.0525. The summed E-state index contributed by atoms with van der Waals surface area (Å²) in [4.78, 5) is 14.5. The van der Waals surface area contributed by atoms with Crippen LogP contribution in [0.3, 0.4) is 0 Å². The number of carbonyl (C=O) groups excluding carboxylic acids is 1. The third kappa shape index (κ3) is 4.01. The number of aromatic nitrogens is 3. The number of halogens is 1. The molecule has 0 amide bonds. The number of rotatable bonds is 3. The monoisotopic (exact) mass is 357 g/mol. The van der Waals surface area contributed by atoms with Gasteiger partial charge in [-0.25, -0.2) is 9.48 Å². The van der Waals surface area contributed by atoms with Crippen molar-refractivity contribution < 1.29 is 9.53 Å². The third-order valence-electron chi connectivity index (χ3n) is 2.20. The quantitative estimate of drug-likeness (QED) is 0.668. The Balaban J connectivity index is 0.000000956. The molecule has 0 fully saturated rings. The molecule has 7 heteroatoms. The van der Waals surface area contributed by atoms with E-state index in [1.54, 1.807) is 30.1 Å². The van der Waals surface area contributed by atoms with Crippen LogP contribution in [-0.4, -0.2) is 27.3 Å². The van der Waals surface area contributed by atoms with Gasteiger partial charge in [0.1, 0.15) is 14.8 Å². The van der Waals surface area contributed by atoms with Gasteiger partial charge in [-0.05, 0) is 35.0 Å². The summed E-state index contributed by atoms with van der Waals surface area (Å²) in [6.07, 6.45) is 3.32. The molecule has 0 aliphatic rings. The van der Waals surface area contributed by atoms with Crippen LogP contribution in [0.1, 0.15) is 31.1 Å². The van der Waals surface area contributed by atoms with Crippen LogP contribution in [0.2, 0.25) is 0 Å². The van der Waals surface area contributed by atoms with Gasteiger partial charge in [0.05, 0.1) is 12.3 Å². The number of H-pyrrole nitrogens is 1. The lowest BCUT2D eigenvalue weighted by Gasteiger charge is -1.99. The van der Waals surface area contributed by atoms with Crippen molar-refractivity contribution in [3.63, 3.8) is 0 Å². The second-order valence-corrected chi connectivity index (χ2v) is 4.60. The zero-order valence-electron chi connectivity index (χ0n) is 11.5. The predicted octanol–water partition coefficient (Wildman–Crippen LogP) is 3.90. The molecule has 20 heavy (non-hydrogen) atoms. The molecule has 5 nitrogen and oxygen atoms in total. The summed E-state index contributed by atoms with van der Waals surface area (Å²) in [5.74, 6) is -0.403. The fourth-order valence-electron chi connectivity index (χ4n) is 1.38. The molecule has 2 aromatic heterocycles. The Kier molecular flexibility index (Phi) is 6.60. The van der Waals surface area contributed by atoms with Gasteiger partial charge in [-0.2, -0.15) is 5.10 Å². The number of hydrogen-bond acceptors (Lipinski definition) is 4. The highest BCUT2D eigenvalue weighted by molar-refractivity contribution is 9.10. The standard InChI is InChI=1S/C11H10BrN3O2S.C2H6/c1-2-17-11(16)8-6-15(14-10(8)12)7-3-4-9(18)13-5-7;1-2/h3-6H,2H2,1H3,(H,13,18);1-2H3. The van der Waals surface area contributed by atoms with Gasteiger partial charge in [-0.1, -0.05) is 26.1 Å². The van der Waals surface area contributed by atoms with Gasteiger partial charge in [-0.3, -0.25) is 0 Å². The van der Waals surface area contributed by atoms with Crippen LogP contribution in [0.5, 0.6) is 0 Å². The maximum Gasteiger partial charge on any atom is 0.342 e. The molecule has 2 rings (SSSR count). The largest absolute Gasteiger partial charge is 0.462 e. The number of carbonyl (C=O) groups is 1. The molecule has 0 unspecified atom stereocenters. The Hall–Kier alpha value is -1.47. The predicted molar refractivity (Wildman–Crippen MR) is 83.8 cm³/mol. The minimum absolute atomic E-state index is 0.328. The lowest BCUT2D eigenvalue weighted by atomic mass is 10.3. The van der Waals surface area contributed by atoms with Gasteiger partial charge in [0.25, 0.3) is 0 Å². The fraction of sp³-hybridized carbons (Fsp3) is 0.308. The normalized spacial score (nSPS) is 9.60. The molecule has 0 atom stereocenters. The Morgan fingerprint density at radius 3 is 2.75 bits per heavy atom. The van der Waals surface area contributed by atoms with Crippen LogP contribution < -0.4 is 0 Å². The first-order chi connectivity index (χ1) is 9.61. The summed E-state index contributed by atoms with van der Waals surface area (Å²) < 4.78 is 7.58. The van der Waals surface area contributed by atoms with Crippen molar-refractivity contribution in [1.82, 2.24) is 14.8 Å². The van der Waals surface area contributed by atoms with Crippen molar-refractivity contribution in [1.29, 1.82) is 0 Å². The van der Waals surface area contributed by atoms with E-state index < -0.39 is 5.97 Å². The second kappa shape index (κ2) is 7.96. The number of nitrogens with one attached hydrogen (secondary N) is 1. The maximum absolute atomic E-state index is 11.6. The molecule has 0 spiro atoms. The Labute approximate surface area is 131 Å². The van der Waals surface area contributed by atoms with Crippen molar-refractivity contribution in [2.75, 3.05) is 6.61 Å². The van der Waals surface area contributed by atoms with Crippen LogP contribution >= 0.6 is 28.1 Å². The van der Waals surface area contributed by atoms with Crippen molar-refractivity contribution in [2.24, 2.45) is 0 Å². The summed E-state index contributed by atoms with van der Waals surface area (Å²) in [5.41, 5.74) is 1.17. The van der Waals surface area contributed by atoms with Gasteiger partial charge in [-0.15, -0.1) is 0 Å². The number of aromatic amines is 1. The van der Waals surface area contributed by atoms with E-state index in [-0.39, 0.29) is 0 Å². The summed E-state index contributed by atoms with van der Waals surface area (Å²) in [6, 6.07) is 3.57. The molecule has 0 aliphatic carbocycles. The molecule has 0 saturated heterocycles. The zero-order chi connectivity index (χ0) is 15.1. The third-order valence-corrected chi connectivity index (χ3v) is 3.04. The van der Waals surface area contributed by atoms with E-state index in [2.05, 4.69) is 26.0 Å². The summed E-state index contributed by atoms with van der Waals surface area (Å²) >= 11 is 8.20. The van der Waals surface area contributed by atoms with Gasteiger partial charge >= 0.3 is 5.97 Å². The Morgan fingerprint density at radius 2 is 2.20 bits per heavy atom. The first kappa shape index (κ1) is 16.6. The molecule has 2 aromatic rings. The average Bonchev–Trinajstić information content (AvgIpc) is 2.84. The Bertz CT molecular complexity index is 616. The fourth-order valence-corrected chi connectivity index (χ4v) is 1.94. The van der Waals surface area contributed by atoms with Gasteiger partial charge in [0, 0.05) is 12.4 Å². The summed E-state index contributed by atoms with van der Waals surface area (Å²) in [7, 11) is 0. The highest BCUT2D eigenvalue weighted by atomic mass is 79.9. The molecular weight excluding hydrogens is 342 g/mol. The number of ether oxygens (including phenoxy) is 1. The molecule has 0 aromatic carbocycles. The molecule has 0 saturated carbocycles. The molecule has 0 aliphatic heterocycles. The molecule has 1 N–H and O–H groups in total. The van der Waals surface area contributed by atoms with Crippen molar-refractivity contribution >= 4 is 34.1 Å². The Morgan fingerprint density at radius 1 is 1.50 bits per heavy atom.